The van der Waals surface area contributed by atoms with Gasteiger partial charge >= 0.3 is 0 Å². The predicted molar refractivity (Wildman–Crippen MR) is 60.2 cm³/mol. The number of rotatable bonds is 4. The van der Waals surface area contributed by atoms with Gasteiger partial charge in [0.15, 0.2) is 0 Å². The van der Waals surface area contributed by atoms with Gasteiger partial charge in [0, 0.05) is 6.42 Å². The minimum Gasteiger partial charge on any atom is -0.726 e. The Morgan fingerprint density at radius 2 is 2.25 bits per heavy atom. The molecule has 0 amide bonds. The molecule has 16 heavy (non-hydrogen) atoms. The molecule has 7 heteroatoms. The maximum absolute atomic E-state index is 9.22. The summed E-state index contributed by atoms with van der Waals surface area (Å²) in [6.45, 7) is 9.09. The maximum Gasteiger partial charge on any atom is 0.244 e. The van der Waals surface area contributed by atoms with Crippen LogP contribution in [0.4, 0.5) is 0 Å². The van der Waals surface area contributed by atoms with Gasteiger partial charge in [-0.15, -0.1) is 0 Å². The fourth-order valence-electron chi connectivity index (χ4n) is 1.29. The summed E-state index contributed by atoms with van der Waals surface area (Å²) >= 11 is 0. The molecule has 0 aromatic heterocycles. The van der Waals surface area contributed by atoms with Gasteiger partial charge < -0.3 is 4.55 Å². The van der Waals surface area contributed by atoms with Crippen LogP contribution in [0.3, 0.4) is 0 Å². The van der Waals surface area contributed by atoms with Crippen LogP contribution >= 0.6 is 0 Å². The Labute approximate surface area is 96.6 Å². The summed E-state index contributed by atoms with van der Waals surface area (Å²) in [5, 5.41) is 3.34. The Morgan fingerprint density at radius 3 is 2.62 bits per heavy atom. The molecule has 0 fully saturated rings. The van der Waals surface area contributed by atoms with Gasteiger partial charge in [0.25, 0.3) is 0 Å². The van der Waals surface area contributed by atoms with E-state index in [0.29, 0.717) is 0 Å². The molecule has 1 aliphatic heterocycles. The molecule has 94 valence electrons. The average molecular weight is 250 g/mol. The van der Waals surface area contributed by atoms with E-state index in [-0.39, 0.29) is 0 Å². The molecular weight excluding hydrogens is 232 g/mol. The number of amidine groups is 1. The molecule has 1 aliphatic rings. The SMILES string of the molecule is C=CC[N+]1=C(CC)NCC1.COS(=O)(=O)[O-]. The number of hydrogen-bond donors (Lipinski definition) is 1. The first-order chi connectivity index (χ1) is 7.44. The normalized spacial score (nSPS) is 15.2. The molecular formula is C9H18N2O4S. The van der Waals surface area contributed by atoms with Gasteiger partial charge in [-0.05, 0) is 0 Å². The van der Waals surface area contributed by atoms with Crippen LogP contribution in [0.2, 0.25) is 0 Å². The smallest absolute Gasteiger partial charge is 0.244 e. The first kappa shape index (κ1) is 15.1. The van der Waals surface area contributed by atoms with Crippen molar-refractivity contribution in [3.8, 4) is 0 Å². The molecule has 0 radical (unpaired) electrons. The molecule has 0 bridgehead atoms. The van der Waals surface area contributed by atoms with Crippen molar-refractivity contribution in [1.82, 2.24) is 5.32 Å². The van der Waals surface area contributed by atoms with Crippen molar-refractivity contribution >= 4 is 16.2 Å². The fourth-order valence-corrected chi connectivity index (χ4v) is 1.29. The van der Waals surface area contributed by atoms with Crippen LogP contribution in [0.5, 0.6) is 0 Å². The fraction of sp³-hybridized carbons (Fsp3) is 0.667. The van der Waals surface area contributed by atoms with Crippen molar-refractivity contribution in [2.24, 2.45) is 0 Å². The molecule has 0 saturated carbocycles. The molecule has 0 aliphatic carbocycles. The van der Waals surface area contributed by atoms with Gasteiger partial charge in [-0.3, -0.25) is 14.1 Å². The highest BCUT2D eigenvalue weighted by molar-refractivity contribution is 7.80. The number of hydrogen-bond acceptors (Lipinski definition) is 5. The maximum atomic E-state index is 9.22. The van der Waals surface area contributed by atoms with Crippen molar-refractivity contribution in [3.63, 3.8) is 0 Å². The Balaban J connectivity index is 0.000000325. The minimum atomic E-state index is -4.41. The van der Waals surface area contributed by atoms with Gasteiger partial charge in [-0.2, -0.15) is 0 Å². The largest absolute Gasteiger partial charge is 0.726 e. The molecule has 1 heterocycles. The zero-order valence-corrected chi connectivity index (χ0v) is 10.4. The summed E-state index contributed by atoms with van der Waals surface area (Å²) in [7, 11) is -3.60. The van der Waals surface area contributed by atoms with E-state index < -0.39 is 10.4 Å². The van der Waals surface area contributed by atoms with E-state index in [0.717, 1.165) is 33.2 Å². The lowest BCUT2D eigenvalue weighted by Crippen LogP contribution is -2.21. The van der Waals surface area contributed by atoms with Gasteiger partial charge in [0.05, 0.1) is 7.11 Å². The Hall–Kier alpha value is -0.920. The van der Waals surface area contributed by atoms with E-state index in [1.54, 1.807) is 0 Å². The third-order valence-corrected chi connectivity index (χ3v) is 2.39. The monoisotopic (exact) mass is 250 g/mol. The zero-order valence-electron chi connectivity index (χ0n) is 9.60. The van der Waals surface area contributed by atoms with E-state index in [2.05, 4.69) is 27.6 Å². The number of nitrogens with one attached hydrogen (secondary N) is 1. The summed E-state index contributed by atoms with van der Waals surface area (Å²) in [6, 6.07) is 0. The van der Waals surface area contributed by atoms with E-state index >= 15 is 0 Å². The molecule has 0 atom stereocenters. The van der Waals surface area contributed by atoms with Gasteiger partial charge in [0.1, 0.15) is 19.6 Å². The van der Waals surface area contributed by atoms with Crippen molar-refractivity contribution in [2.75, 3.05) is 26.7 Å². The van der Waals surface area contributed by atoms with Gasteiger partial charge in [-0.25, -0.2) is 8.42 Å². The lowest BCUT2D eigenvalue weighted by atomic mass is 10.4. The summed E-state index contributed by atoms with van der Waals surface area (Å²) < 4.78 is 33.3. The first-order valence-corrected chi connectivity index (χ1v) is 6.25. The molecule has 0 aromatic rings. The predicted octanol–water partition coefficient (Wildman–Crippen LogP) is -0.310. The highest BCUT2D eigenvalue weighted by Crippen LogP contribution is 1.91. The van der Waals surface area contributed by atoms with Crippen LogP contribution < -0.4 is 5.32 Å². The minimum absolute atomic E-state index is 0.808. The van der Waals surface area contributed by atoms with Crippen molar-refractivity contribution in [2.45, 2.75) is 13.3 Å². The summed E-state index contributed by atoms with van der Waals surface area (Å²) in [4.78, 5) is 0. The van der Waals surface area contributed by atoms with Crippen LogP contribution in [-0.4, -0.2) is 50.1 Å². The summed E-state index contributed by atoms with van der Waals surface area (Å²) in [5.41, 5.74) is 0. The van der Waals surface area contributed by atoms with Crippen LogP contribution in [0.25, 0.3) is 0 Å². The molecule has 0 saturated heterocycles. The van der Waals surface area contributed by atoms with Crippen molar-refractivity contribution in [1.29, 1.82) is 0 Å². The third-order valence-electron chi connectivity index (χ3n) is 1.98. The quantitative estimate of drug-likeness (QED) is 0.320. The standard InChI is InChI=1S/C8H14N2.CH4O4S/c1-3-6-10-7-5-9-8(10)4-2;1-5-6(2,3)4/h3H,1,4-7H2,2H3;1H3,(H,2,3,4). The summed E-state index contributed by atoms with van der Waals surface area (Å²) in [5.74, 6) is 1.36. The Kier molecular flexibility index (Phi) is 6.95. The van der Waals surface area contributed by atoms with Gasteiger partial charge in [0.2, 0.25) is 16.2 Å². The highest BCUT2D eigenvalue weighted by Gasteiger charge is 2.16. The molecule has 1 rings (SSSR count). The van der Waals surface area contributed by atoms with Crippen LogP contribution in [0, 0.1) is 0 Å². The zero-order chi connectivity index (χ0) is 12.6. The molecule has 0 unspecified atom stereocenters. The van der Waals surface area contributed by atoms with E-state index in [1.807, 2.05) is 6.08 Å². The Bertz CT molecular complexity index is 349. The Morgan fingerprint density at radius 1 is 1.69 bits per heavy atom. The van der Waals surface area contributed by atoms with Crippen LogP contribution in [-0.2, 0) is 14.6 Å². The second-order valence-corrected chi connectivity index (χ2v) is 4.19. The molecule has 0 aromatic carbocycles. The van der Waals surface area contributed by atoms with E-state index in [9.17, 15) is 13.0 Å². The van der Waals surface area contributed by atoms with E-state index in [4.69, 9.17) is 0 Å². The van der Waals surface area contributed by atoms with Gasteiger partial charge in [-0.1, -0.05) is 19.6 Å². The van der Waals surface area contributed by atoms with Crippen molar-refractivity contribution < 1.29 is 21.7 Å². The molecule has 6 nitrogen and oxygen atoms in total. The second-order valence-electron chi connectivity index (χ2n) is 3.04. The third kappa shape index (κ3) is 6.54. The van der Waals surface area contributed by atoms with E-state index in [1.165, 1.54) is 5.84 Å². The van der Waals surface area contributed by atoms with Crippen LogP contribution in [0.15, 0.2) is 12.7 Å². The lowest BCUT2D eigenvalue weighted by molar-refractivity contribution is -0.508. The molecule has 1 N–H and O–H groups in total. The average Bonchev–Trinajstić information content (AvgIpc) is 2.66. The van der Waals surface area contributed by atoms with Crippen molar-refractivity contribution in [3.05, 3.63) is 12.7 Å². The molecule has 0 spiro atoms. The highest BCUT2D eigenvalue weighted by atomic mass is 32.3. The topological polar surface area (TPSA) is 81.5 Å². The summed E-state index contributed by atoms with van der Waals surface area (Å²) in [6.07, 6.45) is 3.05. The van der Waals surface area contributed by atoms with Crippen LogP contribution in [0.1, 0.15) is 13.3 Å². The second kappa shape index (κ2) is 7.37. The lowest BCUT2D eigenvalue weighted by Gasteiger charge is -1.98. The first-order valence-electron chi connectivity index (χ1n) is 4.91. The number of nitrogens with zero attached hydrogens (tertiary/aromatic N) is 1.